The molecule has 12 heavy (non-hydrogen) atoms. The zero-order valence-electron chi connectivity index (χ0n) is 6.60. The zero-order valence-corrected chi connectivity index (χ0v) is 6.60. The van der Waals surface area contributed by atoms with E-state index in [0.29, 0.717) is 0 Å². The molecule has 0 bridgehead atoms. The summed E-state index contributed by atoms with van der Waals surface area (Å²) in [5, 5.41) is 28.4. The molecule has 5 nitrogen and oxygen atoms in total. The molecular formula is C7H13NO4. The summed E-state index contributed by atoms with van der Waals surface area (Å²) in [5.41, 5.74) is 0. The second-order valence-corrected chi connectivity index (χ2v) is 2.23. The lowest BCUT2D eigenvalue weighted by atomic mass is 10.2. The van der Waals surface area contributed by atoms with Gasteiger partial charge < -0.3 is 20.6 Å². The van der Waals surface area contributed by atoms with E-state index in [0.717, 1.165) is 0 Å². The molecule has 0 unspecified atom stereocenters. The Kier molecular flexibility index (Phi) is 5.27. The fourth-order valence-corrected chi connectivity index (χ4v) is 0.552. The van der Waals surface area contributed by atoms with E-state index in [4.69, 9.17) is 15.3 Å². The van der Waals surface area contributed by atoms with Gasteiger partial charge in [-0.1, -0.05) is 6.08 Å². The highest BCUT2D eigenvalue weighted by molar-refractivity contribution is 5.81. The van der Waals surface area contributed by atoms with Crippen molar-refractivity contribution in [3.63, 3.8) is 0 Å². The Morgan fingerprint density at radius 3 is 2.58 bits per heavy atom. The molecule has 0 aliphatic carbocycles. The normalized spacial score (nSPS) is 14.9. The summed E-state index contributed by atoms with van der Waals surface area (Å²) in [5.74, 6) is -0.726. The summed E-state index contributed by atoms with van der Waals surface area (Å²) >= 11 is 0. The first-order chi connectivity index (χ1) is 5.63. The fourth-order valence-electron chi connectivity index (χ4n) is 0.552. The van der Waals surface area contributed by atoms with Crippen LogP contribution in [0.25, 0.3) is 0 Å². The Hall–Kier alpha value is -0.910. The highest BCUT2D eigenvalue weighted by Crippen LogP contribution is 1.91. The quantitative estimate of drug-likeness (QED) is 0.364. The predicted molar refractivity (Wildman–Crippen MR) is 42.3 cm³/mol. The van der Waals surface area contributed by atoms with Crippen LogP contribution in [0.1, 0.15) is 0 Å². The number of amides is 1. The lowest BCUT2D eigenvalue weighted by Gasteiger charge is -2.14. The van der Waals surface area contributed by atoms with Gasteiger partial charge >= 0.3 is 0 Å². The first-order valence-electron chi connectivity index (χ1n) is 3.49. The molecule has 0 saturated carbocycles. The monoisotopic (exact) mass is 175 g/mol. The van der Waals surface area contributed by atoms with Crippen molar-refractivity contribution < 1.29 is 20.1 Å². The van der Waals surface area contributed by atoms with Crippen LogP contribution < -0.4 is 5.32 Å². The van der Waals surface area contributed by atoms with Gasteiger partial charge in [-0.2, -0.15) is 0 Å². The Balaban J connectivity index is 3.83. The van der Waals surface area contributed by atoms with E-state index in [-0.39, 0.29) is 6.54 Å². The largest absolute Gasteiger partial charge is 0.394 e. The molecule has 0 radical (unpaired) electrons. The van der Waals surface area contributed by atoms with Crippen molar-refractivity contribution >= 4 is 5.91 Å². The third-order valence-electron chi connectivity index (χ3n) is 1.24. The van der Waals surface area contributed by atoms with Crippen LogP contribution in [0.5, 0.6) is 0 Å². The van der Waals surface area contributed by atoms with Crippen LogP contribution in [-0.4, -0.2) is 46.6 Å². The molecule has 0 fully saturated rings. The molecular weight excluding hydrogens is 162 g/mol. The number of nitrogens with one attached hydrogen (secondary N) is 1. The molecule has 0 heterocycles. The Bertz CT molecular complexity index is 159. The van der Waals surface area contributed by atoms with Crippen LogP contribution >= 0.6 is 0 Å². The van der Waals surface area contributed by atoms with E-state index in [1.165, 1.54) is 6.08 Å². The Morgan fingerprint density at radius 1 is 1.58 bits per heavy atom. The summed E-state index contributed by atoms with van der Waals surface area (Å²) in [6.45, 7) is 2.91. The lowest BCUT2D eigenvalue weighted by molar-refractivity contribution is -0.136. The number of aliphatic hydroxyl groups excluding tert-OH is 3. The molecule has 70 valence electrons. The first kappa shape index (κ1) is 11.1. The second-order valence-electron chi connectivity index (χ2n) is 2.23. The summed E-state index contributed by atoms with van der Waals surface area (Å²) in [6.07, 6.45) is -1.58. The molecule has 0 aromatic carbocycles. The number of hydrogen-bond donors (Lipinski definition) is 4. The fraction of sp³-hybridized carbons (Fsp3) is 0.571. The van der Waals surface area contributed by atoms with Crippen LogP contribution in [0.15, 0.2) is 12.7 Å². The van der Waals surface area contributed by atoms with Crippen LogP contribution in [0.2, 0.25) is 0 Å². The van der Waals surface area contributed by atoms with Gasteiger partial charge in [-0.15, -0.1) is 6.58 Å². The molecule has 0 aromatic rings. The maximum Gasteiger partial charge on any atom is 0.251 e. The van der Waals surface area contributed by atoms with Crippen molar-refractivity contribution in [2.75, 3.05) is 13.2 Å². The Morgan fingerprint density at radius 2 is 2.17 bits per heavy atom. The topological polar surface area (TPSA) is 89.8 Å². The second kappa shape index (κ2) is 5.70. The molecule has 2 atom stereocenters. The number of carbonyl (C=O) groups excluding carboxylic acids is 1. The third-order valence-corrected chi connectivity index (χ3v) is 1.24. The SMILES string of the molecule is C=CCNC(=O)[C@H](O)[C@H](O)CO. The summed E-state index contributed by atoms with van der Waals surface area (Å²) in [4.78, 5) is 10.8. The lowest BCUT2D eigenvalue weighted by Crippen LogP contribution is -2.43. The van der Waals surface area contributed by atoms with Crippen LogP contribution in [0.4, 0.5) is 0 Å². The van der Waals surface area contributed by atoms with Crippen LogP contribution in [0.3, 0.4) is 0 Å². The van der Waals surface area contributed by atoms with Crippen molar-refractivity contribution in [1.82, 2.24) is 5.32 Å². The van der Waals surface area contributed by atoms with Gasteiger partial charge in [0.25, 0.3) is 5.91 Å². The van der Waals surface area contributed by atoms with E-state index in [9.17, 15) is 4.79 Å². The maximum absolute atomic E-state index is 10.8. The maximum atomic E-state index is 10.8. The van der Waals surface area contributed by atoms with E-state index in [1.807, 2.05) is 0 Å². The molecule has 0 rings (SSSR count). The molecule has 0 aliphatic rings. The molecule has 0 aliphatic heterocycles. The van der Waals surface area contributed by atoms with Gasteiger partial charge in [0.15, 0.2) is 6.10 Å². The Labute approximate surface area is 70.3 Å². The standard InChI is InChI=1S/C7H13NO4/c1-2-3-8-7(12)6(11)5(10)4-9/h2,5-6,9-11H,1,3-4H2,(H,8,12)/t5-,6-/m1/s1. The summed E-state index contributed by atoms with van der Waals surface area (Å²) in [7, 11) is 0. The van der Waals surface area contributed by atoms with E-state index < -0.39 is 24.7 Å². The van der Waals surface area contributed by atoms with Gasteiger partial charge in [-0.3, -0.25) is 4.79 Å². The summed E-state index contributed by atoms with van der Waals surface area (Å²) < 4.78 is 0. The van der Waals surface area contributed by atoms with Gasteiger partial charge in [0.2, 0.25) is 0 Å². The third kappa shape index (κ3) is 3.47. The molecule has 5 heteroatoms. The van der Waals surface area contributed by atoms with Crippen molar-refractivity contribution in [2.24, 2.45) is 0 Å². The minimum atomic E-state index is -1.59. The number of carbonyl (C=O) groups is 1. The van der Waals surface area contributed by atoms with E-state index >= 15 is 0 Å². The minimum Gasteiger partial charge on any atom is -0.394 e. The van der Waals surface area contributed by atoms with Crippen molar-refractivity contribution in [1.29, 1.82) is 0 Å². The van der Waals surface area contributed by atoms with Gasteiger partial charge in [0.05, 0.1) is 6.61 Å². The molecule has 1 amide bonds. The molecule has 0 aromatic heterocycles. The predicted octanol–water partition coefficient (Wildman–Crippen LogP) is -2.00. The minimum absolute atomic E-state index is 0.216. The van der Waals surface area contributed by atoms with Gasteiger partial charge in [0, 0.05) is 6.54 Å². The highest BCUT2D eigenvalue weighted by Gasteiger charge is 2.22. The van der Waals surface area contributed by atoms with Gasteiger partial charge in [0.1, 0.15) is 6.10 Å². The zero-order chi connectivity index (χ0) is 9.56. The van der Waals surface area contributed by atoms with Crippen LogP contribution in [0, 0.1) is 0 Å². The number of hydrogen-bond acceptors (Lipinski definition) is 4. The van der Waals surface area contributed by atoms with Crippen molar-refractivity contribution in [3.8, 4) is 0 Å². The smallest absolute Gasteiger partial charge is 0.251 e. The number of aliphatic hydroxyl groups is 3. The summed E-state index contributed by atoms with van der Waals surface area (Å²) in [6, 6.07) is 0. The molecule has 0 saturated heterocycles. The van der Waals surface area contributed by atoms with E-state index in [2.05, 4.69) is 11.9 Å². The highest BCUT2D eigenvalue weighted by atomic mass is 16.4. The van der Waals surface area contributed by atoms with Gasteiger partial charge in [-0.05, 0) is 0 Å². The number of rotatable bonds is 5. The van der Waals surface area contributed by atoms with Gasteiger partial charge in [-0.25, -0.2) is 0 Å². The average molecular weight is 175 g/mol. The van der Waals surface area contributed by atoms with Crippen LogP contribution in [-0.2, 0) is 4.79 Å². The molecule has 0 spiro atoms. The van der Waals surface area contributed by atoms with E-state index in [1.54, 1.807) is 0 Å². The van der Waals surface area contributed by atoms with Crippen molar-refractivity contribution in [2.45, 2.75) is 12.2 Å². The van der Waals surface area contributed by atoms with Crippen molar-refractivity contribution in [3.05, 3.63) is 12.7 Å². The average Bonchev–Trinajstić information content (AvgIpc) is 2.11. The first-order valence-corrected chi connectivity index (χ1v) is 3.49. The molecule has 4 N–H and O–H groups in total.